The number of H-pyrrole nitrogens is 1. The number of aromatic nitrogens is 1. The van der Waals surface area contributed by atoms with Gasteiger partial charge < -0.3 is 10.1 Å². The SMILES string of the molecule is O=C(O)c1ccc(Cc2ccc[nH]c2=O)cc1. The summed E-state index contributed by atoms with van der Waals surface area (Å²) in [4.78, 5) is 24.7. The lowest BCUT2D eigenvalue weighted by atomic mass is 10.0. The minimum Gasteiger partial charge on any atom is -0.478 e. The number of benzene rings is 1. The molecule has 0 aliphatic rings. The monoisotopic (exact) mass is 229 g/mol. The van der Waals surface area contributed by atoms with Crippen LogP contribution in [0.25, 0.3) is 0 Å². The number of carboxylic acid groups (broad SMARTS) is 1. The first-order valence-electron chi connectivity index (χ1n) is 5.15. The Morgan fingerprint density at radius 1 is 1.18 bits per heavy atom. The molecule has 0 aliphatic heterocycles. The zero-order chi connectivity index (χ0) is 12.3. The fraction of sp³-hybridized carbons (Fsp3) is 0.0769. The van der Waals surface area contributed by atoms with E-state index in [0.29, 0.717) is 12.0 Å². The second-order valence-corrected chi connectivity index (χ2v) is 3.70. The van der Waals surface area contributed by atoms with Gasteiger partial charge in [-0.25, -0.2) is 4.79 Å². The normalized spacial score (nSPS) is 10.1. The summed E-state index contributed by atoms with van der Waals surface area (Å²) in [6, 6.07) is 10.0. The number of pyridine rings is 1. The zero-order valence-electron chi connectivity index (χ0n) is 9.01. The maximum atomic E-state index is 11.4. The quantitative estimate of drug-likeness (QED) is 0.840. The fourth-order valence-electron chi connectivity index (χ4n) is 1.58. The third kappa shape index (κ3) is 2.60. The topological polar surface area (TPSA) is 70.2 Å². The molecular weight excluding hydrogens is 218 g/mol. The van der Waals surface area contributed by atoms with Crippen molar-refractivity contribution in [3.05, 3.63) is 69.6 Å². The molecule has 1 aromatic heterocycles. The van der Waals surface area contributed by atoms with Crippen LogP contribution in [0.5, 0.6) is 0 Å². The highest BCUT2D eigenvalue weighted by atomic mass is 16.4. The lowest BCUT2D eigenvalue weighted by Crippen LogP contribution is -2.11. The summed E-state index contributed by atoms with van der Waals surface area (Å²) in [5.74, 6) is -0.950. The molecule has 0 saturated carbocycles. The first kappa shape index (κ1) is 11.1. The predicted octanol–water partition coefficient (Wildman–Crippen LogP) is 1.66. The van der Waals surface area contributed by atoms with E-state index in [9.17, 15) is 9.59 Å². The van der Waals surface area contributed by atoms with Crippen molar-refractivity contribution in [3.8, 4) is 0 Å². The molecule has 17 heavy (non-hydrogen) atoms. The van der Waals surface area contributed by atoms with Crippen molar-refractivity contribution in [1.29, 1.82) is 0 Å². The van der Waals surface area contributed by atoms with Crippen LogP contribution in [0.2, 0.25) is 0 Å². The van der Waals surface area contributed by atoms with Crippen LogP contribution in [-0.4, -0.2) is 16.1 Å². The van der Waals surface area contributed by atoms with Gasteiger partial charge in [0.15, 0.2) is 0 Å². The Kier molecular flexibility index (Phi) is 3.05. The molecule has 2 N–H and O–H groups in total. The molecule has 1 heterocycles. The highest BCUT2D eigenvalue weighted by Crippen LogP contribution is 2.08. The summed E-state index contributed by atoms with van der Waals surface area (Å²) >= 11 is 0. The molecule has 0 amide bonds. The van der Waals surface area contributed by atoms with Crippen LogP contribution in [0.3, 0.4) is 0 Å². The van der Waals surface area contributed by atoms with Crippen molar-refractivity contribution in [1.82, 2.24) is 4.98 Å². The fourth-order valence-corrected chi connectivity index (χ4v) is 1.58. The van der Waals surface area contributed by atoms with Gasteiger partial charge in [0.05, 0.1) is 5.56 Å². The Labute approximate surface area is 97.6 Å². The molecule has 0 unspecified atom stereocenters. The molecule has 2 aromatic rings. The number of carboxylic acids is 1. The average molecular weight is 229 g/mol. The largest absolute Gasteiger partial charge is 0.478 e. The van der Waals surface area contributed by atoms with Crippen LogP contribution in [0.4, 0.5) is 0 Å². The minimum absolute atomic E-state index is 0.116. The van der Waals surface area contributed by atoms with Gasteiger partial charge in [-0.15, -0.1) is 0 Å². The average Bonchev–Trinajstić information content (AvgIpc) is 2.33. The molecule has 2 rings (SSSR count). The van der Waals surface area contributed by atoms with Crippen molar-refractivity contribution < 1.29 is 9.90 Å². The smallest absolute Gasteiger partial charge is 0.335 e. The van der Waals surface area contributed by atoms with E-state index in [1.54, 1.807) is 30.5 Å². The van der Waals surface area contributed by atoms with Crippen LogP contribution >= 0.6 is 0 Å². The summed E-state index contributed by atoms with van der Waals surface area (Å²) in [6.07, 6.45) is 2.08. The molecule has 4 heteroatoms. The molecule has 0 saturated heterocycles. The van der Waals surface area contributed by atoms with Crippen LogP contribution in [-0.2, 0) is 6.42 Å². The van der Waals surface area contributed by atoms with Gasteiger partial charge >= 0.3 is 5.97 Å². The van der Waals surface area contributed by atoms with E-state index >= 15 is 0 Å². The maximum Gasteiger partial charge on any atom is 0.335 e. The third-order valence-electron chi connectivity index (χ3n) is 2.50. The number of rotatable bonds is 3. The summed E-state index contributed by atoms with van der Waals surface area (Å²) in [5.41, 5.74) is 1.70. The molecule has 1 aromatic carbocycles. The number of carbonyl (C=O) groups is 1. The van der Waals surface area contributed by atoms with E-state index in [1.807, 2.05) is 0 Å². The molecule has 0 aliphatic carbocycles. The standard InChI is InChI=1S/C13H11NO3/c15-12-11(2-1-7-14-12)8-9-3-5-10(6-4-9)13(16)17/h1-7H,8H2,(H,14,15)(H,16,17). The van der Waals surface area contributed by atoms with Crippen LogP contribution in [0.1, 0.15) is 21.5 Å². The van der Waals surface area contributed by atoms with Gasteiger partial charge in [-0.2, -0.15) is 0 Å². The van der Waals surface area contributed by atoms with Gasteiger partial charge in [0.1, 0.15) is 0 Å². The van der Waals surface area contributed by atoms with Gasteiger partial charge in [-0.05, 0) is 23.8 Å². The van der Waals surface area contributed by atoms with Gasteiger partial charge in [-0.3, -0.25) is 4.79 Å². The van der Waals surface area contributed by atoms with Crippen LogP contribution in [0, 0.1) is 0 Å². The molecule has 0 fully saturated rings. The Balaban J connectivity index is 2.23. The maximum absolute atomic E-state index is 11.4. The Morgan fingerprint density at radius 3 is 2.47 bits per heavy atom. The number of nitrogens with one attached hydrogen (secondary N) is 1. The van der Waals surface area contributed by atoms with E-state index in [-0.39, 0.29) is 11.1 Å². The first-order chi connectivity index (χ1) is 8.16. The zero-order valence-corrected chi connectivity index (χ0v) is 9.01. The van der Waals surface area contributed by atoms with Gasteiger partial charge in [0, 0.05) is 18.2 Å². The number of hydrogen-bond donors (Lipinski definition) is 2. The number of hydrogen-bond acceptors (Lipinski definition) is 2. The summed E-state index contributed by atoms with van der Waals surface area (Å²) < 4.78 is 0. The molecule has 0 atom stereocenters. The Hall–Kier alpha value is -2.36. The van der Waals surface area contributed by atoms with Crippen molar-refractivity contribution in [2.24, 2.45) is 0 Å². The molecule has 0 bridgehead atoms. The van der Waals surface area contributed by atoms with Gasteiger partial charge in [-0.1, -0.05) is 18.2 Å². The molecular formula is C13H11NO3. The van der Waals surface area contributed by atoms with E-state index in [0.717, 1.165) is 5.56 Å². The lowest BCUT2D eigenvalue weighted by molar-refractivity contribution is 0.0697. The van der Waals surface area contributed by atoms with E-state index in [2.05, 4.69) is 4.98 Å². The minimum atomic E-state index is -0.950. The van der Waals surface area contributed by atoms with Crippen LogP contribution in [0.15, 0.2) is 47.4 Å². The van der Waals surface area contributed by atoms with Gasteiger partial charge in [0.25, 0.3) is 5.56 Å². The van der Waals surface area contributed by atoms with E-state index in [1.165, 1.54) is 12.1 Å². The molecule has 0 spiro atoms. The predicted molar refractivity (Wildman–Crippen MR) is 63.3 cm³/mol. The highest BCUT2D eigenvalue weighted by molar-refractivity contribution is 5.87. The highest BCUT2D eigenvalue weighted by Gasteiger charge is 2.03. The second kappa shape index (κ2) is 4.65. The first-order valence-corrected chi connectivity index (χ1v) is 5.15. The molecule has 4 nitrogen and oxygen atoms in total. The third-order valence-corrected chi connectivity index (χ3v) is 2.50. The lowest BCUT2D eigenvalue weighted by Gasteiger charge is -2.01. The summed E-state index contributed by atoms with van der Waals surface area (Å²) in [5, 5.41) is 8.75. The molecule has 0 radical (unpaired) electrons. The van der Waals surface area contributed by atoms with E-state index in [4.69, 9.17) is 5.11 Å². The summed E-state index contributed by atoms with van der Waals surface area (Å²) in [7, 11) is 0. The number of aromatic amines is 1. The van der Waals surface area contributed by atoms with Crippen molar-refractivity contribution in [3.63, 3.8) is 0 Å². The van der Waals surface area contributed by atoms with Crippen molar-refractivity contribution >= 4 is 5.97 Å². The second-order valence-electron chi connectivity index (χ2n) is 3.70. The summed E-state index contributed by atoms with van der Waals surface area (Å²) in [6.45, 7) is 0. The Bertz CT molecular complexity index is 584. The van der Waals surface area contributed by atoms with Crippen molar-refractivity contribution in [2.75, 3.05) is 0 Å². The number of aromatic carboxylic acids is 1. The van der Waals surface area contributed by atoms with Gasteiger partial charge in [0.2, 0.25) is 0 Å². The Morgan fingerprint density at radius 2 is 1.88 bits per heavy atom. The molecule has 86 valence electrons. The van der Waals surface area contributed by atoms with Crippen molar-refractivity contribution in [2.45, 2.75) is 6.42 Å². The van der Waals surface area contributed by atoms with Crippen LogP contribution < -0.4 is 5.56 Å². The van der Waals surface area contributed by atoms with E-state index < -0.39 is 5.97 Å².